The summed E-state index contributed by atoms with van der Waals surface area (Å²) in [7, 11) is -9.91. The van der Waals surface area contributed by atoms with Crippen molar-refractivity contribution in [3.63, 3.8) is 0 Å². The SMILES string of the molecule is CCC(C)CCCCCCCCCCCCCCCCCCCCC(=O)O[C@H](COC(=O)CCCCCCCCCC(C)C)COP(=O)(O)OC[C@@H](O)COP(=O)(O)OC[C@@H](COC(=O)CCCCCCCCC(C)CC)OC(=O)CCCCCCCCCCCCCC(C)C. The van der Waals surface area contributed by atoms with E-state index in [0.29, 0.717) is 31.6 Å². The summed E-state index contributed by atoms with van der Waals surface area (Å²) in [5.41, 5.74) is 0. The molecule has 0 aromatic heterocycles. The molecule has 0 amide bonds. The van der Waals surface area contributed by atoms with Gasteiger partial charge >= 0.3 is 39.5 Å². The second kappa shape index (κ2) is 66.3. The van der Waals surface area contributed by atoms with Crippen molar-refractivity contribution in [3.8, 4) is 0 Å². The quantitative estimate of drug-likeness (QED) is 0.0222. The van der Waals surface area contributed by atoms with Gasteiger partial charge in [-0.1, -0.05) is 338 Å². The smallest absolute Gasteiger partial charge is 0.462 e. The number of unbranched alkanes of at least 4 members (excludes halogenated alkanes) is 38. The van der Waals surface area contributed by atoms with E-state index in [4.69, 9.17) is 37.0 Å². The lowest BCUT2D eigenvalue weighted by molar-refractivity contribution is -0.161. The Balaban J connectivity index is 5.17. The third-order valence-electron chi connectivity index (χ3n) is 18.5. The summed E-state index contributed by atoms with van der Waals surface area (Å²) in [4.78, 5) is 72.8. The first kappa shape index (κ1) is 94.1. The van der Waals surface area contributed by atoms with Crippen LogP contribution in [0.15, 0.2) is 0 Å². The largest absolute Gasteiger partial charge is 0.472 e. The van der Waals surface area contributed by atoms with Gasteiger partial charge in [0.15, 0.2) is 12.2 Å². The van der Waals surface area contributed by atoms with Crippen molar-refractivity contribution in [1.82, 2.24) is 0 Å². The van der Waals surface area contributed by atoms with Crippen molar-refractivity contribution >= 4 is 39.5 Å². The summed E-state index contributed by atoms with van der Waals surface area (Å²) in [6.07, 6.45) is 51.5. The molecule has 0 rings (SSSR count). The van der Waals surface area contributed by atoms with Crippen molar-refractivity contribution in [2.45, 2.75) is 408 Å². The van der Waals surface area contributed by atoms with Crippen molar-refractivity contribution in [2.75, 3.05) is 39.6 Å². The maximum Gasteiger partial charge on any atom is 0.472 e. The number of aliphatic hydroxyl groups is 1. The van der Waals surface area contributed by atoms with Crippen molar-refractivity contribution in [2.24, 2.45) is 23.7 Å². The van der Waals surface area contributed by atoms with Gasteiger partial charge in [0, 0.05) is 25.7 Å². The molecule has 0 radical (unpaired) electrons. The van der Waals surface area contributed by atoms with Crippen LogP contribution in [0.1, 0.15) is 389 Å². The Bertz CT molecular complexity index is 1890. The first-order valence-corrected chi connectivity index (χ1v) is 42.8. The standard InChI is InChI=1S/C77H150O17P2/c1-9-69(7)55-47-39-31-25-21-17-15-13-11-12-14-16-18-22-26-32-43-51-59-76(81)93-72(63-87-74(79)57-49-41-34-28-30-38-46-54-68(5)6)65-91-95(83,84)89-61-71(78)62-90-96(85,86)92-66-73(64-88-75(80)58-50-42-36-35-40-48-56-70(8)10-2)94-77(82)60-52-44-33-27-23-19-20-24-29-37-45-53-67(3)4/h67-73,78H,9-66H2,1-8H3,(H,83,84)(H,85,86)/t69?,70?,71-,72-,73-/m1/s1. The van der Waals surface area contributed by atoms with Gasteiger partial charge in [-0.3, -0.25) is 37.3 Å². The Morgan fingerprint density at radius 1 is 0.292 bits per heavy atom. The highest BCUT2D eigenvalue weighted by Gasteiger charge is 2.30. The number of phosphoric acid groups is 2. The molecule has 0 aromatic carbocycles. The summed E-state index contributed by atoms with van der Waals surface area (Å²) in [6, 6.07) is 0. The van der Waals surface area contributed by atoms with Crippen molar-refractivity contribution in [3.05, 3.63) is 0 Å². The lowest BCUT2D eigenvalue weighted by Gasteiger charge is -2.21. The van der Waals surface area contributed by atoms with E-state index in [1.54, 1.807) is 0 Å². The Morgan fingerprint density at radius 3 is 0.740 bits per heavy atom. The monoisotopic (exact) mass is 1410 g/mol. The van der Waals surface area contributed by atoms with E-state index in [1.165, 1.54) is 180 Å². The zero-order valence-corrected chi connectivity index (χ0v) is 64.8. The average Bonchev–Trinajstić information content (AvgIpc) is 1.09. The molecule has 570 valence electrons. The van der Waals surface area contributed by atoms with Crippen molar-refractivity contribution in [1.29, 1.82) is 0 Å². The van der Waals surface area contributed by atoms with Crippen LogP contribution in [0, 0.1) is 23.7 Å². The van der Waals surface area contributed by atoms with Gasteiger partial charge in [-0.25, -0.2) is 9.13 Å². The highest BCUT2D eigenvalue weighted by Crippen LogP contribution is 2.45. The van der Waals surface area contributed by atoms with E-state index in [2.05, 4.69) is 55.4 Å². The molecule has 7 atom stereocenters. The van der Waals surface area contributed by atoms with Crippen molar-refractivity contribution < 1.29 is 80.2 Å². The van der Waals surface area contributed by atoms with Crippen LogP contribution in [0.5, 0.6) is 0 Å². The van der Waals surface area contributed by atoms with Crippen LogP contribution in [-0.4, -0.2) is 96.7 Å². The molecule has 0 fully saturated rings. The molecule has 0 heterocycles. The summed E-state index contributed by atoms with van der Waals surface area (Å²) >= 11 is 0. The van der Waals surface area contributed by atoms with Gasteiger partial charge in [0.25, 0.3) is 0 Å². The molecule has 0 bridgehead atoms. The highest BCUT2D eigenvalue weighted by molar-refractivity contribution is 7.47. The van der Waals surface area contributed by atoms with E-state index in [9.17, 15) is 43.2 Å². The van der Waals surface area contributed by atoms with E-state index in [-0.39, 0.29) is 25.7 Å². The first-order valence-electron chi connectivity index (χ1n) is 39.8. The summed E-state index contributed by atoms with van der Waals surface area (Å²) < 4.78 is 68.5. The van der Waals surface area contributed by atoms with Crippen LogP contribution in [0.3, 0.4) is 0 Å². The minimum absolute atomic E-state index is 0.105. The zero-order valence-electron chi connectivity index (χ0n) is 63.0. The Hall–Kier alpha value is -1.94. The molecule has 3 N–H and O–H groups in total. The van der Waals surface area contributed by atoms with Gasteiger partial charge in [-0.15, -0.1) is 0 Å². The number of carbonyl (C=O) groups excluding carboxylic acids is 4. The predicted molar refractivity (Wildman–Crippen MR) is 391 cm³/mol. The molecule has 0 aliphatic heterocycles. The number of aliphatic hydroxyl groups excluding tert-OH is 1. The zero-order chi connectivity index (χ0) is 71.0. The lowest BCUT2D eigenvalue weighted by atomic mass is 9.99. The predicted octanol–water partition coefficient (Wildman–Crippen LogP) is 22.4. The Morgan fingerprint density at radius 2 is 0.500 bits per heavy atom. The minimum Gasteiger partial charge on any atom is -0.462 e. The van der Waals surface area contributed by atoms with Gasteiger partial charge in [0.2, 0.25) is 0 Å². The normalized spacial score (nSPS) is 14.7. The van der Waals surface area contributed by atoms with Gasteiger partial charge < -0.3 is 33.8 Å². The minimum atomic E-state index is -4.96. The van der Waals surface area contributed by atoms with E-state index < -0.39 is 97.5 Å². The van der Waals surface area contributed by atoms with Crippen LogP contribution in [0.2, 0.25) is 0 Å². The number of carbonyl (C=O) groups is 4. The number of ether oxygens (including phenoxy) is 4. The van der Waals surface area contributed by atoms with E-state index in [0.717, 1.165) is 120 Å². The molecule has 17 nitrogen and oxygen atoms in total. The number of hydrogen-bond donors (Lipinski definition) is 3. The summed E-state index contributed by atoms with van der Waals surface area (Å²) in [5, 5.41) is 10.6. The highest BCUT2D eigenvalue weighted by atomic mass is 31.2. The Labute approximate surface area is 588 Å². The maximum atomic E-state index is 13.1. The molecule has 0 aliphatic carbocycles. The number of esters is 4. The molecule has 0 spiro atoms. The van der Waals surface area contributed by atoms with Gasteiger partial charge in [-0.05, 0) is 49.4 Å². The summed E-state index contributed by atoms with van der Waals surface area (Å²) in [6.45, 7) is 14.2. The molecule has 0 aliphatic rings. The summed E-state index contributed by atoms with van der Waals surface area (Å²) in [5.74, 6) is 0.949. The molecular weight excluding hydrogens is 1260 g/mol. The van der Waals surface area contributed by atoms with Crippen LogP contribution in [0.25, 0.3) is 0 Å². The fraction of sp³-hybridized carbons (Fsp3) is 0.948. The number of phosphoric ester groups is 2. The third kappa shape index (κ3) is 67.9. The second-order valence-corrected chi connectivity index (χ2v) is 32.1. The molecular formula is C77H150O17P2. The number of hydrogen-bond acceptors (Lipinski definition) is 15. The molecule has 4 unspecified atom stereocenters. The van der Waals surface area contributed by atoms with Gasteiger partial charge in [0.1, 0.15) is 19.3 Å². The van der Waals surface area contributed by atoms with E-state index >= 15 is 0 Å². The van der Waals surface area contributed by atoms with Crippen LogP contribution in [0.4, 0.5) is 0 Å². The molecule has 0 saturated heterocycles. The molecule has 0 aromatic rings. The maximum absolute atomic E-state index is 13.1. The molecule has 0 saturated carbocycles. The van der Waals surface area contributed by atoms with Crippen LogP contribution >= 0.6 is 15.6 Å². The van der Waals surface area contributed by atoms with Crippen LogP contribution < -0.4 is 0 Å². The lowest BCUT2D eigenvalue weighted by Crippen LogP contribution is -2.30. The topological polar surface area (TPSA) is 237 Å². The number of rotatable bonds is 74. The molecule has 19 heteroatoms. The Kier molecular flexibility index (Phi) is 65.0. The average molecular weight is 1410 g/mol. The van der Waals surface area contributed by atoms with Crippen LogP contribution in [-0.2, 0) is 65.4 Å². The van der Waals surface area contributed by atoms with Gasteiger partial charge in [0.05, 0.1) is 26.4 Å². The second-order valence-electron chi connectivity index (χ2n) is 29.2. The fourth-order valence-electron chi connectivity index (χ4n) is 11.7. The molecule has 96 heavy (non-hydrogen) atoms. The third-order valence-corrected chi connectivity index (χ3v) is 20.4. The van der Waals surface area contributed by atoms with E-state index in [1.807, 2.05) is 0 Å². The first-order chi connectivity index (χ1) is 46.2. The van der Waals surface area contributed by atoms with Gasteiger partial charge in [-0.2, -0.15) is 0 Å². The fourth-order valence-corrected chi connectivity index (χ4v) is 13.2.